The van der Waals surface area contributed by atoms with Gasteiger partial charge in [-0.1, -0.05) is 169 Å². The summed E-state index contributed by atoms with van der Waals surface area (Å²) in [7, 11) is -5.42. The van der Waals surface area contributed by atoms with Gasteiger partial charge in [0, 0.05) is 36.3 Å². The first-order chi connectivity index (χ1) is 32.4. The van der Waals surface area contributed by atoms with Gasteiger partial charge in [0.2, 0.25) is 0 Å². The van der Waals surface area contributed by atoms with Crippen molar-refractivity contribution in [2.75, 3.05) is 13.3 Å². The highest BCUT2D eigenvalue weighted by molar-refractivity contribution is 7.67. The van der Waals surface area contributed by atoms with E-state index in [1.54, 1.807) is 13.3 Å². The van der Waals surface area contributed by atoms with E-state index in [1.165, 1.54) is 0 Å². The lowest BCUT2D eigenvalue weighted by molar-refractivity contribution is -0.154. The highest BCUT2D eigenvalue weighted by atomic mass is 31.2. The maximum absolute atomic E-state index is 12.4. The van der Waals surface area contributed by atoms with Crippen LogP contribution in [0, 0.1) is 35.5 Å². The molecule has 7 aliphatic rings. The van der Waals surface area contributed by atoms with Crippen molar-refractivity contribution >= 4 is 48.9 Å². The van der Waals surface area contributed by atoms with Crippen LogP contribution in [0.4, 0.5) is 0 Å². The quantitative estimate of drug-likeness (QED) is 0.0960. The van der Waals surface area contributed by atoms with Crippen LogP contribution in [0.2, 0.25) is 0 Å². The van der Waals surface area contributed by atoms with Gasteiger partial charge in [-0.3, -0.25) is 28.3 Å². The van der Waals surface area contributed by atoms with Gasteiger partial charge in [0.15, 0.2) is 0 Å². The second-order valence-corrected chi connectivity index (χ2v) is 20.3. The minimum absolute atomic E-state index is 0.0590. The van der Waals surface area contributed by atoms with E-state index in [0.29, 0.717) is 23.3 Å². The summed E-state index contributed by atoms with van der Waals surface area (Å²) in [6.45, 7) is 27.3. The number of carbonyl (C=O) groups excluding carboxylic acids is 4. The van der Waals surface area contributed by atoms with Gasteiger partial charge in [0.1, 0.15) is 23.1 Å². The molecule has 4 aromatic carbocycles. The van der Waals surface area contributed by atoms with Gasteiger partial charge in [-0.15, -0.1) is 0 Å². The lowest BCUT2D eigenvalue weighted by Crippen LogP contribution is -2.24. The minimum Gasteiger partial charge on any atom is -0.439 e. The molecule has 3 heterocycles. The number of para-hydroxylation sites is 2. The van der Waals surface area contributed by atoms with Gasteiger partial charge < -0.3 is 13.8 Å². The van der Waals surface area contributed by atoms with Gasteiger partial charge in [-0.05, 0) is 79.3 Å². The number of esters is 2. The molecule has 11 rings (SSSR count). The summed E-state index contributed by atoms with van der Waals surface area (Å²) < 4.78 is 40.6. The highest BCUT2D eigenvalue weighted by Gasteiger charge is 2.59. The predicted octanol–water partition coefficient (Wildman–Crippen LogP) is 14.8. The van der Waals surface area contributed by atoms with Crippen LogP contribution in [0.3, 0.4) is 0 Å². The first-order valence-corrected chi connectivity index (χ1v) is 29.3. The van der Waals surface area contributed by atoms with E-state index >= 15 is 0 Å². The lowest BCUT2D eigenvalue weighted by atomic mass is 9.81. The third kappa shape index (κ3) is 13.8. The van der Waals surface area contributed by atoms with Gasteiger partial charge in [-0.25, -0.2) is 0 Å². The molecule has 8 unspecified atom stereocenters. The van der Waals surface area contributed by atoms with Crippen LogP contribution in [0.25, 0.3) is 22.3 Å². The Bertz CT molecular complexity index is 2140. The first kappa shape index (κ1) is 58.5. The highest BCUT2D eigenvalue weighted by Crippen LogP contribution is 2.56. The van der Waals surface area contributed by atoms with E-state index in [2.05, 4.69) is 4.74 Å². The average molecular weight is 959 g/mol. The summed E-state index contributed by atoms with van der Waals surface area (Å²) in [6, 6.07) is 30.9. The topological polar surface area (TPSA) is 130 Å². The third-order valence-electron chi connectivity index (χ3n) is 12.2. The monoisotopic (exact) mass is 959 g/mol. The van der Waals surface area contributed by atoms with E-state index < -0.39 is 14.7 Å². The summed E-state index contributed by atoms with van der Waals surface area (Å²) in [5.41, 5.74) is 4.09. The van der Waals surface area contributed by atoms with Gasteiger partial charge in [-0.2, -0.15) is 0 Å². The zero-order valence-electron chi connectivity index (χ0n) is 42.9. The standard InChI is InChI=1S/2C13H11O2P.C9H10O3.C9H12O2.6C2H6/c2*1-16(14)13-9-5-3-7-11(13)10-6-2-4-8-12(10)15-16;10-8-6-4-1-2-5(3-4)7(6)9(11)12-8;10-8-5-9(11)7-4-2-1-3-6(7)8;6*1-2/h2*2-9H,1H3;4-7H,1-3H2;6-7H,1-5H2;6*1-2H3. The second-order valence-electron chi connectivity index (χ2n) is 15.6. The van der Waals surface area contributed by atoms with Crippen LogP contribution >= 0.6 is 14.7 Å². The fraction of sp³-hybridized carbons (Fsp3) is 0.500. The van der Waals surface area contributed by atoms with Crippen molar-refractivity contribution in [1.29, 1.82) is 0 Å². The predicted molar refractivity (Wildman–Crippen MR) is 278 cm³/mol. The molecule has 368 valence electrons. The van der Waals surface area contributed by atoms with Crippen molar-refractivity contribution in [3.05, 3.63) is 97.1 Å². The molecule has 0 spiro atoms. The Labute approximate surface area is 403 Å². The van der Waals surface area contributed by atoms with E-state index in [-0.39, 0.29) is 53.6 Å². The zero-order chi connectivity index (χ0) is 50.5. The Morgan fingerprint density at radius 2 is 0.746 bits per heavy atom. The van der Waals surface area contributed by atoms with Gasteiger partial charge in [0.05, 0.1) is 28.9 Å². The summed E-state index contributed by atoms with van der Waals surface area (Å²) in [5.74, 6) is 2.38. The SMILES string of the molecule is CC.CC.CC.CC.CC.CC.CP1(=O)Oc2ccccc2-c2ccccc21.CP1(=O)Oc2ccccc2-c2ccccc21.O=C1CC(=O)C2CCCCC12.O=C1OC(=O)C2C3CCC(C3)C12. The van der Waals surface area contributed by atoms with Crippen LogP contribution < -0.4 is 19.7 Å². The smallest absolute Gasteiger partial charge is 0.317 e. The minimum atomic E-state index is -2.71. The number of hydrogen-bond donors (Lipinski definition) is 0. The van der Waals surface area contributed by atoms with E-state index in [1.807, 2.05) is 180 Å². The van der Waals surface area contributed by atoms with Gasteiger partial charge in [0.25, 0.3) is 14.7 Å². The molecule has 5 fully saturated rings. The van der Waals surface area contributed by atoms with Crippen LogP contribution in [-0.4, -0.2) is 36.8 Å². The number of ketones is 2. The Balaban J connectivity index is 0.000000287. The van der Waals surface area contributed by atoms with Crippen LogP contribution in [0.15, 0.2) is 97.1 Å². The van der Waals surface area contributed by atoms with E-state index in [9.17, 15) is 28.3 Å². The molecule has 0 aromatic heterocycles. The van der Waals surface area contributed by atoms with Crippen molar-refractivity contribution in [3.8, 4) is 33.8 Å². The Hall–Kier alpha value is -4.58. The Kier molecular flexibility index (Phi) is 25.1. The summed E-state index contributed by atoms with van der Waals surface area (Å²) in [4.78, 5) is 44.8. The molecular formula is C56H80O9P2. The van der Waals surface area contributed by atoms with E-state index in [4.69, 9.17) is 9.05 Å². The number of benzene rings is 4. The normalized spacial score (nSPS) is 26.0. The number of hydrogen-bond acceptors (Lipinski definition) is 9. The molecular weight excluding hydrogens is 879 g/mol. The van der Waals surface area contributed by atoms with E-state index in [0.717, 1.165) is 77.8 Å². The molecule has 0 radical (unpaired) electrons. The van der Waals surface area contributed by atoms with Crippen LogP contribution in [-0.2, 0) is 33.0 Å². The molecule has 11 heteroatoms. The van der Waals surface area contributed by atoms with Crippen molar-refractivity contribution in [2.24, 2.45) is 35.5 Å². The molecule has 67 heavy (non-hydrogen) atoms. The molecule has 4 aliphatic carbocycles. The maximum Gasteiger partial charge on any atom is 0.317 e. The van der Waals surface area contributed by atoms with Gasteiger partial charge >= 0.3 is 11.9 Å². The molecule has 4 saturated carbocycles. The first-order valence-electron chi connectivity index (χ1n) is 25.2. The maximum atomic E-state index is 12.4. The molecule has 4 aromatic rings. The Morgan fingerprint density at radius 3 is 1.10 bits per heavy atom. The molecule has 1 saturated heterocycles. The number of rotatable bonds is 0. The third-order valence-corrected chi connectivity index (χ3v) is 15.8. The fourth-order valence-electron chi connectivity index (χ4n) is 9.66. The largest absolute Gasteiger partial charge is 0.439 e. The molecule has 0 N–H and O–H groups in total. The average Bonchev–Trinajstić information content (AvgIpc) is 4.16. The number of carbonyl (C=O) groups is 4. The van der Waals surface area contributed by atoms with Crippen LogP contribution in [0.5, 0.6) is 11.5 Å². The molecule has 9 nitrogen and oxygen atoms in total. The summed E-state index contributed by atoms with van der Waals surface area (Å²) in [5, 5.41) is 1.63. The zero-order valence-corrected chi connectivity index (χ0v) is 44.7. The number of cyclic esters (lactones) is 2. The van der Waals surface area contributed by atoms with Crippen molar-refractivity contribution in [2.45, 2.75) is 134 Å². The Morgan fingerprint density at radius 1 is 0.433 bits per heavy atom. The van der Waals surface area contributed by atoms with Crippen LogP contribution in [0.1, 0.15) is 134 Å². The second kappa shape index (κ2) is 28.7. The van der Waals surface area contributed by atoms with Crippen molar-refractivity contribution in [3.63, 3.8) is 0 Å². The number of fused-ring (bicyclic) bond motifs is 12. The molecule has 2 bridgehead atoms. The summed E-state index contributed by atoms with van der Waals surface area (Å²) >= 11 is 0. The molecule has 8 atom stereocenters. The van der Waals surface area contributed by atoms with Crippen molar-refractivity contribution in [1.82, 2.24) is 0 Å². The fourth-order valence-corrected chi connectivity index (χ4v) is 12.9. The lowest BCUT2D eigenvalue weighted by Gasteiger charge is -2.25. The number of ether oxygens (including phenoxy) is 1. The molecule has 3 aliphatic heterocycles. The number of Topliss-reactive ketones (excluding diaryl/α,β-unsaturated/α-hetero) is 2. The molecule has 0 amide bonds. The summed E-state index contributed by atoms with van der Waals surface area (Å²) in [6.07, 6.45) is 7.76. The van der Waals surface area contributed by atoms with Crippen molar-refractivity contribution < 1.29 is 42.1 Å².